The van der Waals surface area contributed by atoms with Crippen molar-refractivity contribution in [2.24, 2.45) is 0 Å². The molecule has 1 aliphatic heterocycles. The van der Waals surface area contributed by atoms with Crippen LogP contribution in [0.25, 0.3) is 0 Å². The first-order valence-corrected chi connectivity index (χ1v) is 8.20. The number of rotatable bonds is 5. The molecule has 3 rings (SSSR count). The van der Waals surface area contributed by atoms with Crippen molar-refractivity contribution in [3.8, 4) is 5.75 Å². The van der Waals surface area contributed by atoms with Gasteiger partial charge in [0.25, 0.3) is 5.56 Å². The fourth-order valence-electron chi connectivity index (χ4n) is 3.35. The first kappa shape index (κ1) is 17.2. The highest BCUT2D eigenvalue weighted by molar-refractivity contribution is 5.87. The maximum Gasteiger partial charge on any atom is 0.337 e. The van der Waals surface area contributed by atoms with Gasteiger partial charge in [-0.1, -0.05) is 12.1 Å². The number of hydrogen-bond donors (Lipinski definition) is 1. The van der Waals surface area contributed by atoms with Crippen molar-refractivity contribution in [3.05, 3.63) is 64.1 Å². The van der Waals surface area contributed by atoms with Crippen LogP contribution in [0.5, 0.6) is 5.75 Å². The van der Waals surface area contributed by atoms with Crippen LogP contribution >= 0.6 is 0 Å². The predicted molar refractivity (Wildman–Crippen MR) is 92.4 cm³/mol. The molecule has 2 heterocycles. The van der Waals surface area contributed by atoms with Crippen LogP contribution in [0.15, 0.2) is 47.4 Å². The maximum atomic E-state index is 12.3. The molecule has 1 aliphatic rings. The number of methoxy groups -OCH3 is 1. The molecule has 1 aromatic heterocycles. The Hall–Kier alpha value is -2.60. The zero-order valence-corrected chi connectivity index (χ0v) is 14.1. The van der Waals surface area contributed by atoms with Crippen LogP contribution in [0.3, 0.4) is 0 Å². The Balaban J connectivity index is 2.00. The number of carboxylic acid groups (broad SMARTS) is 1. The molecular formula is C19H21NO5. The average molecular weight is 343 g/mol. The summed E-state index contributed by atoms with van der Waals surface area (Å²) in [5.41, 5.74) is 0.732. The van der Waals surface area contributed by atoms with Gasteiger partial charge >= 0.3 is 5.97 Å². The van der Waals surface area contributed by atoms with Crippen LogP contribution in [-0.4, -0.2) is 36.0 Å². The minimum atomic E-state index is -1.04. The van der Waals surface area contributed by atoms with Crippen LogP contribution in [0.4, 0.5) is 0 Å². The predicted octanol–water partition coefficient (Wildman–Crippen LogP) is 2.30. The smallest absolute Gasteiger partial charge is 0.337 e. The maximum absolute atomic E-state index is 12.3. The number of aromatic carboxylic acids is 1. The number of hydrogen-bond acceptors (Lipinski definition) is 4. The van der Waals surface area contributed by atoms with Crippen molar-refractivity contribution in [3.63, 3.8) is 0 Å². The monoisotopic (exact) mass is 343 g/mol. The fourth-order valence-corrected chi connectivity index (χ4v) is 3.35. The topological polar surface area (TPSA) is 77.8 Å². The van der Waals surface area contributed by atoms with Crippen LogP contribution in [0, 0.1) is 0 Å². The third-order valence-electron chi connectivity index (χ3n) is 4.86. The Bertz CT molecular complexity index is 803. The zero-order valence-electron chi connectivity index (χ0n) is 14.1. The molecule has 0 saturated carbocycles. The van der Waals surface area contributed by atoms with Gasteiger partial charge in [0, 0.05) is 37.4 Å². The molecule has 2 aromatic rings. The molecule has 1 fully saturated rings. The largest absolute Gasteiger partial charge is 0.497 e. The highest BCUT2D eigenvalue weighted by atomic mass is 16.5. The third kappa shape index (κ3) is 3.58. The van der Waals surface area contributed by atoms with Crippen molar-refractivity contribution in [2.45, 2.75) is 24.8 Å². The molecule has 0 unspecified atom stereocenters. The standard InChI is InChI=1S/C19H21NO5/c1-24-16-5-3-15(4-6-16)19(8-10-25-11-9-19)13-20-12-14(18(22)23)2-7-17(20)21/h2-7,12H,8-11,13H2,1H3,(H,22,23). The van der Waals surface area contributed by atoms with Crippen LogP contribution in [-0.2, 0) is 16.7 Å². The van der Waals surface area contributed by atoms with Gasteiger partial charge in [-0.15, -0.1) is 0 Å². The first-order chi connectivity index (χ1) is 12.0. The minimum Gasteiger partial charge on any atom is -0.497 e. The number of nitrogens with zero attached hydrogens (tertiary/aromatic N) is 1. The van der Waals surface area contributed by atoms with E-state index in [2.05, 4.69) is 0 Å². The van der Waals surface area contributed by atoms with Gasteiger partial charge in [-0.2, -0.15) is 0 Å². The van der Waals surface area contributed by atoms with Gasteiger partial charge in [-0.05, 0) is 36.6 Å². The number of aromatic nitrogens is 1. The average Bonchev–Trinajstić information content (AvgIpc) is 2.64. The van der Waals surface area contributed by atoms with Crippen molar-refractivity contribution >= 4 is 5.97 Å². The summed E-state index contributed by atoms with van der Waals surface area (Å²) in [6.45, 7) is 1.64. The number of pyridine rings is 1. The molecular weight excluding hydrogens is 322 g/mol. The van der Waals surface area contributed by atoms with Crippen molar-refractivity contribution in [2.75, 3.05) is 20.3 Å². The summed E-state index contributed by atoms with van der Waals surface area (Å²) in [5, 5.41) is 9.20. The van der Waals surface area contributed by atoms with E-state index in [1.54, 1.807) is 7.11 Å². The second-order valence-electron chi connectivity index (χ2n) is 6.31. The van der Waals surface area contributed by atoms with Gasteiger partial charge < -0.3 is 19.1 Å². The lowest BCUT2D eigenvalue weighted by Gasteiger charge is -2.38. The summed E-state index contributed by atoms with van der Waals surface area (Å²) in [6, 6.07) is 10.5. The molecule has 6 heteroatoms. The Morgan fingerprint density at radius 1 is 1.20 bits per heavy atom. The van der Waals surface area contributed by atoms with E-state index in [1.807, 2.05) is 24.3 Å². The summed E-state index contributed by atoms with van der Waals surface area (Å²) >= 11 is 0. The first-order valence-electron chi connectivity index (χ1n) is 8.20. The van der Waals surface area contributed by atoms with Gasteiger partial charge in [0.2, 0.25) is 0 Å². The van der Waals surface area contributed by atoms with Crippen LogP contribution in [0.1, 0.15) is 28.8 Å². The van der Waals surface area contributed by atoms with Crippen molar-refractivity contribution in [1.82, 2.24) is 4.57 Å². The number of ether oxygens (including phenoxy) is 2. The number of carbonyl (C=O) groups is 1. The molecule has 1 N–H and O–H groups in total. The van der Waals surface area contributed by atoms with Crippen LogP contribution in [0.2, 0.25) is 0 Å². The Morgan fingerprint density at radius 2 is 1.88 bits per heavy atom. The van der Waals surface area contributed by atoms with Crippen LogP contribution < -0.4 is 10.3 Å². The molecule has 0 aliphatic carbocycles. The molecule has 132 valence electrons. The van der Waals surface area contributed by atoms with E-state index in [4.69, 9.17) is 9.47 Å². The van der Waals surface area contributed by atoms with Gasteiger partial charge in [-0.3, -0.25) is 4.79 Å². The molecule has 1 aromatic carbocycles. The minimum absolute atomic E-state index is 0.108. The molecule has 1 saturated heterocycles. The van der Waals surface area contributed by atoms with Crippen molar-refractivity contribution < 1.29 is 19.4 Å². The molecule has 6 nitrogen and oxygen atoms in total. The lowest BCUT2D eigenvalue weighted by Crippen LogP contribution is -2.40. The van der Waals surface area contributed by atoms with E-state index in [0.717, 1.165) is 24.2 Å². The second kappa shape index (κ2) is 7.11. The Labute approximate surface area is 145 Å². The highest BCUT2D eigenvalue weighted by Gasteiger charge is 2.35. The summed E-state index contributed by atoms with van der Waals surface area (Å²) < 4.78 is 12.2. The quantitative estimate of drug-likeness (QED) is 0.901. The lowest BCUT2D eigenvalue weighted by atomic mass is 9.74. The Morgan fingerprint density at radius 3 is 2.48 bits per heavy atom. The van der Waals surface area contributed by atoms with Gasteiger partial charge in [-0.25, -0.2) is 4.79 Å². The molecule has 0 spiro atoms. The van der Waals surface area contributed by atoms with Gasteiger partial charge in [0.15, 0.2) is 0 Å². The zero-order chi connectivity index (χ0) is 17.9. The van der Waals surface area contributed by atoms with Gasteiger partial charge in [0.1, 0.15) is 5.75 Å². The van der Waals surface area contributed by atoms with E-state index >= 15 is 0 Å². The van der Waals surface area contributed by atoms with E-state index in [9.17, 15) is 14.7 Å². The molecule has 0 atom stereocenters. The van der Waals surface area contributed by atoms with E-state index in [-0.39, 0.29) is 16.5 Å². The number of benzene rings is 1. The Kier molecular flexibility index (Phi) is 4.90. The van der Waals surface area contributed by atoms with E-state index in [0.29, 0.717) is 19.8 Å². The lowest BCUT2D eigenvalue weighted by molar-refractivity contribution is 0.0429. The summed E-state index contributed by atoms with van der Waals surface area (Å²) in [7, 11) is 1.62. The van der Waals surface area contributed by atoms with Gasteiger partial charge in [0.05, 0.1) is 12.7 Å². The normalized spacial score (nSPS) is 16.4. The second-order valence-corrected chi connectivity index (χ2v) is 6.31. The highest BCUT2D eigenvalue weighted by Crippen LogP contribution is 2.37. The number of carboxylic acids is 1. The van der Waals surface area contributed by atoms with E-state index < -0.39 is 5.97 Å². The molecule has 0 bridgehead atoms. The molecule has 25 heavy (non-hydrogen) atoms. The summed E-state index contributed by atoms with van der Waals surface area (Å²) in [5.74, 6) is -0.268. The molecule has 0 radical (unpaired) electrons. The fraction of sp³-hybridized carbons (Fsp3) is 0.368. The summed E-state index contributed by atoms with van der Waals surface area (Å²) in [6.07, 6.45) is 2.96. The van der Waals surface area contributed by atoms with E-state index in [1.165, 1.54) is 22.9 Å². The van der Waals surface area contributed by atoms with Crippen molar-refractivity contribution in [1.29, 1.82) is 0 Å². The summed E-state index contributed by atoms with van der Waals surface area (Å²) in [4.78, 5) is 23.5. The molecule has 0 amide bonds. The third-order valence-corrected chi connectivity index (χ3v) is 4.86. The SMILES string of the molecule is COc1ccc(C2(Cn3cc(C(=O)O)ccc3=O)CCOCC2)cc1.